The van der Waals surface area contributed by atoms with Gasteiger partial charge < -0.3 is 13.8 Å². The fraction of sp³-hybridized carbons (Fsp3) is 0.435. The molecule has 1 saturated heterocycles. The number of hydrogen-bond donors (Lipinski definition) is 0. The molecule has 0 bridgehead atoms. The van der Waals surface area contributed by atoms with E-state index < -0.39 is 11.4 Å². The zero-order valence-electron chi connectivity index (χ0n) is 18.6. The molecule has 4 heterocycles. The normalized spacial score (nSPS) is 17.9. The van der Waals surface area contributed by atoms with Crippen LogP contribution in [0.5, 0.6) is 0 Å². The van der Waals surface area contributed by atoms with Crippen LogP contribution < -0.4 is 5.56 Å². The monoisotopic (exact) mass is 463 g/mol. The highest BCUT2D eigenvalue weighted by atomic mass is 19.1. The molecule has 2 fully saturated rings. The van der Waals surface area contributed by atoms with Crippen LogP contribution in [0.1, 0.15) is 31.2 Å². The molecule has 0 N–H and O–H groups in total. The predicted octanol–water partition coefficient (Wildman–Crippen LogP) is 2.09. The van der Waals surface area contributed by atoms with Crippen LogP contribution in [0.3, 0.4) is 0 Å². The molecule has 1 aliphatic heterocycles. The molecule has 0 atom stereocenters. The summed E-state index contributed by atoms with van der Waals surface area (Å²) in [4.78, 5) is 24.9. The van der Waals surface area contributed by atoms with Crippen molar-refractivity contribution in [2.75, 3.05) is 32.8 Å². The fourth-order valence-corrected chi connectivity index (χ4v) is 4.51. The van der Waals surface area contributed by atoms with Gasteiger partial charge in [0.2, 0.25) is 0 Å². The van der Waals surface area contributed by atoms with Gasteiger partial charge in [0.25, 0.3) is 11.4 Å². The smallest absolute Gasteiger partial charge is 0.279 e. The molecule has 2 aliphatic rings. The lowest BCUT2D eigenvalue weighted by Crippen LogP contribution is -2.39. The van der Waals surface area contributed by atoms with Crippen LogP contribution in [0.2, 0.25) is 0 Å². The van der Waals surface area contributed by atoms with E-state index in [9.17, 15) is 14.4 Å². The van der Waals surface area contributed by atoms with E-state index in [0.29, 0.717) is 31.1 Å². The lowest BCUT2D eigenvalue weighted by Gasteiger charge is -2.27. The summed E-state index contributed by atoms with van der Waals surface area (Å²) in [5.74, 6) is 0.101. The average Bonchev–Trinajstić information content (AvgIpc) is 3.25. The Labute approximate surface area is 193 Å². The molecule has 1 aliphatic carbocycles. The van der Waals surface area contributed by atoms with E-state index in [-0.39, 0.29) is 40.1 Å². The van der Waals surface area contributed by atoms with Crippen LogP contribution in [0, 0.1) is 17.1 Å². The number of nitrogens with zero attached hydrogens (tertiary/aromatic N) is 7. The van der Waals surface area contributed by atoms with Gasteiger partial charge in [0.1, 0.15) is 29.3 Å². The second-order valence-corrected chi connectivity index (χ2v) is 9.11. The van der Waals surface area contributed by atoms with E-state index in [1.807, 2.05) is 6.07 Å². The van der Waals surface area contributed by atoms with Crippen molar-refractivity contribution >= 4 is 16.6 Å². The first-order valence-electron chi connectivity index (χ1n) is 11.3. The number of rotatable bonds is 5. The average molecular weight is 463 g/mol. The van der Waals surface area contributed by atoms with E-state index >= 15 is 0 Å². The Morgan fingerprint density at radius 3 is 2.74 bits per heavy atom. The molecule has 0 spiro atoms. The molecule has 0 amide bonds. The SMILES string of the molecule is CC1(c2noc(-c3ncn4c3c(=O)n(CCN3CCOCC3)c3c(C#N)c(F)ccc34)n2)CC1. The van der Waals surface area contributed by atoms with Crippen LogP contribution in [-0.4, -0.2) is 61.8 Å². The number of fused-ring (bicyclic) bond motifs is 3. The van der Waals surface area contributed by atoms with Crippen LogP contribution in [0.15, 0.2) is 27.8 Å². The van der Waals surface area contributed by atoms with E-state index in [4.69, 9.17) is 9.26 Å². The number of hydrogen-bond acceptors (Lipinski definition) is 8. The lowest BCUT2D eigenvalue weighted by molar-refractivity contribution is 0.0364. The van der Waals surface area contributed by atoms with E-state index in [1.165, 1.54) is 17.0 Å². The van der Waals surface area contributed by atoms with Crippen LogP contribution in [0.25, 0.3) is 28.1 Å². The molecular formula is C23H22FN7O3. The summed E-state index contributed by atoms with van der Waals surface area (Å²) in [6, 6.07) is 4.72. The van der Waals surface area contributed by atoms with Crippen molar-refractivity contribution in [1.29, 1.82) is 5.26 Å². The quantitative estimate of drug-likeness (QED) is 0.442. The number of ether oxygens (including phenoxy) is 1. The van der Waals surface area contributed by atoms with Crippen LogP contribution >= 0.6 is 0 Å². The molecule has 10 nitrogen and oxygen atoms in total. The molecular weight excluding hydrogens is 441 g/mol. The third kappa shape index (κ3) is 3.21. The molecule has 4 aromatic rings. The first-order valence-corrected chi connectivity index (χ1v) is 11.3. The van der Waals surface area contributed by atoms with Gasteiger partial charge in [-0.3, -0.25) is 14.1 Å². The van der Waals surface area contributed by atoms with Gasteiger partial charge in [-0.25, -0.2) is 9.37 Å². The molecule has 34 heavy (non-hydrogen) atoms. The largest absolute Gasteiger partial charge is 0.379 e. The summed E-state index contributed by atoms with van der Waals surface area (Å²) in [5.41, 5.74) is 0.611. The molecule has 11 heteroatoms. The molecule has 1 aromatic carbocycles. The fourth-order valence-electron chi connectivity index (χ4n) is 4.51. The number of aromatic nitrogens is 5. The standard InChI is InChI=1S/C23H22FN7O3/c1-23(4-5-23)22-27-20(34-28-22)17-19-21(32)30(7-6-29-8-10-33-11-9-29)18-14(12-25)15(24)2-3-16(18)31(19)13-26-17/h2-3,13H,4-11H2,1H3. The number of halogens is 1. The van der Waals surface area contributed by atoms with Gasteiger partial charge in [0.05, 0.1) is 24.2 Å². The maximum absolute atomic E-state index is 14.6. The summed E-state index contributed by atoms with van der Waals surface area (Å²) in [6.45, 7) is 5.64. The Kier molecular flexibility index (Phi) is 4.75. The minimum absolute atomic E-state index is 0.0957. The van der Waals surface area contributed by atoms with Gasteiger partial charge in [-0.15, -0.1) is 0 Å². The van der Waals surface area contributed by atoms with Gasteiger partial charge in [-0.1, -0.05) is 12.1 Å². The third-order valence-electron chi connectivity index (χ3n) is 6.87. The van der Waals surface area contributed by atoms with E-state index in [0.717, 1.165) is 25.9 Å². The topological polar surface area (TPSA) is 114 Å². The number of benzene rings is 1. The van der Waals surface area contributed by atoms with Gasteiger partial charge in [-0.2, -0.15) is 10.2 Å². The first kappa shape index (κ1) is 20.9. The Hall–Kier alpha value is -3.62. The van der Waals surface area contributed by atoms with Crippen molar-refractivity contribution in [1.82, 2.24) is 29.0 Å². The third-order valence-corrected chi connectivity index (χ3v) is 6.87. The molecule has 6 rings (SSSR count). The van der Waals surface area contributed by atoms with Crippen LogP contribution in [-0.2, 0) is 16.7 Å². The minimum Gasteiger partial charge on any atom is -0.379 e. The minimum atomic E-state index is -0.673. The maximum Gasteiger partial charge on any atom is 0.279 e. The van der Waals surface area contributed by atoms with Gasteiger partial charge in [-0.05, 0) is 25.0 Å². The highest BCUT2D eigenvalue weighted by molar-refractivity contribution is 5.87. The first-order chi connectivity index (χ1) is 16.5. The van der Waals surface area contributed by atoms with Crippen molar-refractivity contribution in [2.45, 2.75) is 31.7 Å². The van der Waals surface area contributed by atoms with Crippen molar-refractivity contribution < 1.29 is 13.7 Å². The van der Waals surface area contributed by atoms with Crippen molar-refractivity contribution in [3.05, 3.63) is 46.0 Å². The van der Waals surface area contributed by atoms with Gasteiger partial charge >= 0.3 is 0 Å². The summed E-state index contributed by atoms with van der Waals surface area (Å²) >= 11 is 0. The summed E-state index contributed by atoms with van der Waals surface area (Å²) in [5, 5.41) is 13.8. The molecule has 0 radical (unpaired) electrons. The van der Waals surface area contributed by atoms with Crippen molar-refractivity contribution in [3.8, 4) is 17.7 Å². The molecule has 1 saturated carbocycles. The maximum atomic E-state index is 14.6. The Morgan fingerprint density at radius 1 is 1.21 bits per heavy atom. The number of imidazole rings is 1. The predicted molar refractivity (Wildman–Crippen MR) is 119 cm³/mol. The van der Waals surface area contributed by atoms with Crippen molar-refractivity contribution in [2.24, 2.45) is 0 Å². The highest BCUT2D eigenvalue weighted by Crippen LogP contribution is 2.46. The second kappa shape index (κ2) is 7.72. The van der Waals surface area contributed by atoms with E-state index in [2.05, 4.69) is 26.9 Å². The number of nitriles is 1. The zero-order valence-corrected chi connectivity index (χ0v) is 18.6. The van der Waals surface area contributed by atoms with Gasteiger partial charge in [0.15, 0.2) is 11.5 Å². The van der Waals surface area contributed by atoms with E-state index in [1.54, 1.807) is 10.5 Å². The molecule has 174 valence electrons. The Morgan fingerprint density at radius 2 is 2.00 bits per heavy atom. The lowest BCUT2D eigenvalue weighted by atomic mass is 10.1. The molecule has 3 aromatic heterocycles. The highest BCUT2D eigenvalue weighted by Gasteiger charge is 2.44. The van der Waals surface area contributed by atoms with Gasteiger partial charge in [0, 0.05) is 31.6 Å². The Balaban J connectivity index is 1.55. The molecule has 0 unspecified atom stereocenters. The second-order valence-electron chi connectivity index (χ2n) is 9.11. The number of morpholine rings is 1. The summed E-state index contributed by atoms with van der Waals surface area (Å²) in [7, 11) is 0. The van der Waals surface area contributed by atoms with Crippen molar-refractivity contribution in [3.63, 3.8) is 0 Å². The summed E-state index contributed by atoms with van der Waals surface area (Å²) < 4.78 is 28.5. The zero-order chi connectivity index (χ0) is 23.4. The summed E-state index contributed by atoms with van der Waals surface area (Å²) in [6.07, 6.45) is 3.44. The van der Waals surface area contributed by atoms with Crippen LogP contribution in [0.4, 0.5) is 4.39 Å². The Bertz CT molecular complexity index is 1520.